The zero-order valence-corrected chi connectivity index (χ0v) is 16.4. The predicted molar refractivity (Wildman–Crippen MR) is 102 cm³/mol. The monoisotopic (exact) mass is 376 g/mol. The van der Waals surface area contributed by atoms with Gasteiger partial charge in [0.1, 0.15) is 5.82 Å². The first kappa shape index (κ1) is 19.6. The van der Waals surface area contributed by atoms with Crippen molar-refractivity contribution in [1.29, 1.82) is 0 Å². The van der Waals surface area contributed by atoms with Crippen LogP contribution < -0.4 is 0 Å². The van der Waals surface area contributed by atoms with Crippen LogP contribution in [-0.4, -0.2) is 84.9 Å². The Hall–Kier alpha value is -2.15. The zero-order chi connectivity index (χ0) is 19.6. The van der Waals surface area contributed by atoms with Crippen molar-refractivity contribution >= 4 is 11.9 Å². The molecular formula is C20H29FN4O2. The van der Waals surface area contributed by atoms with E-state index < -0.39 is 0 Å². The third kappa shape index (κ3) is 4.40. The minimum atomic E-state index is -0.255. The molecule has 0 radical (unpaired) electrons. The van der Waals surface area contributed by atoms with Crippen LogP contribution in [0, 0.1) is 11.2 Å². The third-order valence-electron chi connectivity index (χ3n) is 5.53. The lowest BCUT2D eigenvalue weighted by Gasteiger charge is -2.34. The molecule has 2 saturated heterocycles. The molecule has 2 heterocycles. The van der Waals surface area contributed by atoms with Gasteiger partial charge in [0.15, 0.2) is 0 Å². The highest BCUT2D eigenvalue weighted by molar-refractivity contribution is 5.80. The van der Waals surface area contributed by atoms with E-state index >= 15 is 0 Å². The fraction of sp³-hybridized carbons (Fsp3) is 0.600. The summed E-state index contributed by atoms with van der Waals surface area (Å²) in [6, 6.07) is 6.54. The molecule has 0 N–H and O–H groups in total. The lowest BCUT2D eigenvalue weighted by Crippen LogP contribution is -2.47. The minimum Gasteiger partial charge on any atom is -0.342 e. The van der Waals surface area contributed by atoms with Gasteiger partial charge in [0.05, 0.1) is 0 Å². The number of carbonyl (C=O) groups is 2. The maximum absolute atomic E-state index is 13.2. The Kier molecular flexibility index (Phi) is 5.69. The Morgan fingerprint density at radius 1 is 1.15 bits per heavy atom. The van der Waals surface area contributed by atoms with E-state index in [1.807, 2.05) is 16.7 Å². The molecule has 2 aliphatic rings. The molecule has 3 amide bonds. The van der Waals surface area contributed by atoms with Gasteiger partial charge in [0, 0.05) is 71.7 Å². The van der Waals surface area contributed by atoms with Crippen LogP contribution in [0.3, 0.4) is 0 Å². The van der Waals surface area contributed by atoms with Crippen LogP contribution >= 0.6 is 0 Å². The van der Waals surface area contributed by atoms with Crippen LogP contribution in [0.4, 0.5) is 9.18 Å². The van der Waals surface area contributed by atoms with Crippen LogP contribution in [0.2, 0.25) is 0 Å². The van der Waals surface area contributed by atoms with E-state index in [2.05, 4.69) is 4.90 Å². The molecule has 1 aromatic carbocycles. The van der Waals surface area contributed by atoms with E-state index in [0.717, 1.165) is 18.7 Å². The molecule has 7 heteroatoms. The first-order chi connectivity index (χ1) is 12.8. The molecule has 1 atom stereocenters. The number of carbonyl (C=O) groups excluding carboxylic acids is 2. The SMILES string of the molecule is CCN1C[C@]2(CC1=O)CN(Cc1ccc(F)cc1)CCN(C(=O)N(C)C)C2. The highest BCUT2D eigenvalue weighted by Gasteiger charge is 2.46. The van der Waals surface area contributed by atoms with E-state index in [-0.39, 0.29) is 23.2 Å². The second-order valence-corrected chi connectivity index (χ2v) is 8.02. The number of rotatable bonds is 3. The summed E-state index contributed by atoms with van der Waals surface area (Å²) in [5.41, 5.74) is 0.783. The number of likely N-dealkylation sites (tertiary alicyclic amines) is 1. The van der Waals surface area contributed by atoms with Gasteiger partial charge in [-0.25, -0.2) is 9.18 Å². The van der Waals surface area contributed by atoms with Crippen molar-refractivity contribution in [3.8, 4) is 0 Å². The largest absolute Gasteiger partial charge is 0.342 e. The van der Waals surface area contributed by atoms with Crippen LogP contribution in [0.5, 0.6) is 0 Å². The molecular weight excluding hydrogens is 347 g/mol. The molecule has 0 aliphatic carbocycles. The number of hydrogen-bond acceptors (Lipinski definition) is 3. The fourth-order valence-corrected chi connectivity index (χ4v) is 4.26. The number of halogens is 1. The van der Waals surface area contributed by atoms with Crippen molar-refractivity contribution in [2.45, 2.75) is 19.9 Å². The normalized spacial score (nSPS) is 23.8. The maximum atomic E-state index is 13.2. The Morgan fingerprint density at radius 3 is 2.44 bits per heavy atom. The van der Waals surface area contributed by atoms with Crippen LogP contribution in [-0.2, 0) is 11.3 Å². The summed E-state index contributed by atoms with van der Waals surface area (Å²) in [5, 5.41) is 0. The van der Waals surface area contributed by atoms with E-state index in [1.165, 1.54) is 12.1 Å². The molecule has 1 spiro atoms. The second kappa shape index (κ2) is 7.84. The van der Waals surface area contributed by atoms with Crippen molar-refractivity contribution in [2.24, 2.45) is 5.41 Å². The Morgan fingerprint density at radius 2 is 1.85 bits per heavy atom. The lowest BCUT2D eigenvalue weighted by atomic mass is 9.86. The minimum absolute atomic E-state index is 0.0135. The molecule has 0 saturated carbocycles. The molecule has 0 unspecified atom stereocenters. The van der Waals surface area contributed by atoms with Crippen molar-refractivity contribution in [3.05, 3.63) is 35.6 Å². The van der Waals surface area contributed by atoms with Crippen LogP contribution in [0.15, 0.2) is 24.3 Å². The number of hydrogen-bond donors (Lipinski definition) is 0. The number of urea groups is 1. The molecule has 3 rings (SSSR count). The average molecular weight is 376 g/mol. The van der Waals surface area contributed by atoms with E-state index in [0.29, 0.717) is 39.1 Å². The smallest absolute Gasteiger partial charge is 0.319 e. The maximum Gasteiger partial charge on any atom is 0.319 e. The summed E-state index contributed by atoms with van der Waals surface area (Å²) in [6.45, 7) is 6.76. The molecule has 6 nitrogen and oxygen atoms in total. The standard InChI is InChI=1S/C20H29FN4O2/c1-4-24-14-20(11-18(24)26)13-23(12-16-5-7-17(21)8-6-16)9-10-25(15-20)19(27)22(2)3/h5-8H,4,9-15H2,1-3H3/t20-/m0/s1. The first-order valence-corrected chi connectivity index (χ1v) is 9.53. The predicted octanol–water partition coefficient (Wildman–Crippen LogP) is 1.86. The van der Waals surface area contributed by atoms with Crippen LogP contribution in [0.1, 0.15) is 18.9 Å². The summed E-state index contributed by atoms with van der Waals surface area (Å²) in [4.78, 5) is 32.7. The molecule has 2 aliphatic heterocycles. The van der Waals surface area contributed by atoms with Gasteiger partial charge in [-0.05, 0) is 24.6 Å². The summed E-state index contributed by atoms with van der Waals surface area (Å²) in [5.74, 6) is -0.0767. The van der Waals surface area contributed by atoms with Gasteiger partial charge in [-0.2, -0.15) is 0 Å². The quantitative estimate of drug-likeness (QED) is 0.809. The van der Waals surface area contributed by atoms with Crippen molar-refractivity contribution in [3.63, 3.8) is 0 Å². The summed E-state index contributed by atoms with van der Waals surface area (Å²) < 4.78 is 13.2. The Balaban J connectivity index is 1.82. The number of nitrogens with zero attached hydrogens (tertiary/aromatic N) is 4. The molecule has 0 bridgehead atoms. The van der Waals surface area contributed by atoms with Gasteiger partial charge in [-0.15, -0.1) is 0 Å². The van der Waals surface area contributed by atoms with Crippen molar-refractivity contribution in [1.82, 2.24) is 19.6 Å². The number of benzene rings is 1. The Bertz CT molecular complexity index is 694. The van der Waals surface area contributed by atoms with Gasteiger partial charge >= 0.3 is 6.03 Å². The van der Waals surface area contributed by atoms with Gasteiger partial charge in [0.25, 0.3) is 0 Å². The summed E-state index contributed by atoms with van der Waals surface area (Å²) in [6.07, 6.45) is 0.470. The molecule has 2 fully saturated rings. The molecule has 27 heavy (non-hydrogen) atoms. The topological polar surface area (TPSA) is 47.1 Å². The molecule has 148 valence electrons. The highest BCUT2D eigenvalue weighted by atomic mass is 19.1. The lowest BCUT2D eigenvalue weighted by molar-refractivity contribution is -0.127. The van der Waals surface area contributed by atoms with E-state index in [9.17, 15) is 14.0 Å². The second-order valence-electron chi connectivity index (χ2n) is 8.02. The number of amides is 3. The summed E-state index contributed by atoms with van der Waals surface area (Å²) >= 11 is 0. The van der Waals surface area contributed by atoms with Gasteiger partial charge < -0.3 is 14.7 Å². The van der Waals surface area contributed by atoms with E-state index in [1.54, 1.807) is 31.1 Å². The average Bonchev–Trinajstić information content (AvgIpc) is 2.83. The van der Waals surface area contributed by atoms with Crippen molar-refractivity contribution in [2.75, 3.05) is 53.4 Å². The fourth-order valence-electron chi connectivity index (χ4n) is 4.26. The van der Waals surface area contributed by atoms with Gasteiger partial charge in [0.2, 0.25) is 5.91 Å². The van der Waals surface area contributed by atoms with Gasteiger partial charge in [-0.3, -0.25) is 9.69 Å². The van der Waals surface area contributed by atoms with Gasteiger partial charge in [-0.1, -0.05) is 12.1 Å². The summed E-state index contributed by atoms with van der Waals surface area (Å²) in [7, 11) is 3.52. The third-order valence-corrected chi connectivity index (χ3v) is 5.53. The molecule has 1 aromatic rings. The van der Waals surface area contributed by atoms with E-state index in [4.69, 9.17) is 0 Å². The Labute approximate surface area is 160 Å². The first-order valence-electron chi connectivity index (χ1n) is 9.53. The zero-order valence-electron chi connectivity index (χ0n) is 16.4. The molecule has 0 aromatic heterocycles. The van der Waals surface area contributed by atoms with Crippen LogP contribution in [0.25, 0.3) is 0 Å². The van der Waals surface area contributed by atoms with Crippen molar-refractivity contribution < 1.29 is 14.0 Å². The highest BCUT2D eigenvalue weighted by Crippen LogP contribution is 2.35.